The number of nitrogens with one attached hydrogen (secondary N) is 3. The first kappa shape index (κ1) is 30.9. The van der Waals surface area contributed by atoms with Gasteiger partial charge in [-0.15, -0.1) is 0 Å². The quantitative estimate of drug-likeness (QED) is 0.245. The number of nitrogens with zero attached hydrogens (tertiary/aromatic N) is 6. The summed E-state index contributed by atoms with van der Waals surface area (Å²) in [6.45, 7) is 11.0. The molecule has 3 heterocycles. The Balaban J connectivity index is 1.30. The number of anilines is 5. The maximum absolute atomic E-state index is 12.7. The number of morpholine rings is 1. The van der Waals surface area contributed by atoms with E-state index in [1.54, 1.807) is 25.1 Å². The van der Waals surface area contributed by atoms with Gasteiger partial charge in [-0.25, -0.2) is 23.1 Å². The number of para-hydroxylation sites is 1. The van der Waals surface area contributed by atoms with Gasteiger partial charge in [-0.1, -0.05) is 19.1 Å². The lowest BCUT2D eigenvalue weighted by Crippen LogP contribution is -2.44. The van der Waals surface area contributed by atoms with Gasteiger partial charge in [0.05, 0.1) is 31.2 Å². The summed E-state index contributed by atoms with van der Waals surface area (Å²) in [5, 5.41) is 6.28. The highest BCUT2D eigenvalue weighted by molar-refractivity contribution is 7.89. The third-order valence-corrected chi connectivity index (χ3v) is 8.97. The fraction of sp³-hybridized carbons (Fsp3) is 0.483. The van der Waals surface area contributed by atoms with Crippen LogP contribution in [-0.4, -0.2) is 112 Å². The van der Waals surface area contributed by atoms with Crippen LogP contribution < -0.4 is 25.0 Å². The Morgan fingerprint density at radius 3 is 2.47 bits per heavy atom. The zero-order valence-electron chi connectivity index (χ0n) is 24.8. The SMILES string of the molecule is CCNS(=O)(=O)c1ccccc1Nc1ncnc(Nc2ccc(N3CCN(C)CC3)c(OCCCN3CCOCC3)c2)n1. The maximum Gasteiger partial charge on any atom is 0.242 e. The predicted octanol–water partition coefficient (Wildman–Crippen LogP) is 2.51. The van der Waals surface area contributed by atoms with E-state index in [0.717, 1.165) is 82.6 Å². The molecule has 13 nitrogen and oxygen atoms in total. The van der Waals surface area contributed by atoms with Crippen molar-refractivity contribution >= 4 is 39.0 Å². The van der Waals surface area contributed by atoms with E-state index in [2.05, 4.69) is 58.1 Å². The molecular formula is C29H41N9O4S. The molecule has 0 aliphatic carbocycles. The van der Waals surface area contributed by atoms with Crippen molar-refractivity contribution in [3.63, 3.8) is 0 Å². The third kappa shape index (κ3) is 8.51. The van der Waals surface area contributed by atoms with Crippen LogP contribution in [0.2, 0.25) is 0 Å². The average molecular weight is 612 g/mol. The lowest BCUT2D eigenvalue weighted by Gasteiger charge is -2.35. The van der Waals surface area contributed by atoms with E-state index in [0.29, 0.717) is 18.2 Å². The molecule has 3 aromatic rings. The van der Waals surface area contributed by atoms with Crippen molar-refractivity contribution < 1.29 is 17.9 Å². The predicted molar refractivity (Wildman–Crippen MR) is 167 cm³/mol. The third-order valence-electron chi connectivity index (χ3n) is 7.37. The van der Waals surface area contributed by atoms with Gasteiger partial charge in [0.15, 0.2) is 0 Å². The topological polar surface area (TPSA) is 137 Å². The van der Waals surface area contributed by atoms with Crippen LogP contribution in [0.4, 0.5) is 29.0 Å². The normalized spacial score (nSPS) is 16.7. The molecule has 2 fully saturated rings. The summed E-state index contributed by atoms with van der Waals surface area (Å²) >= 11 is 0. The lowest BCUT2D eigenvalue weighted by atomic mass is 10.2. The molecule has 0 spiro atoms. The summed E-state index contributed by atoms with van der Waals surface area (Å²) < 4.78 is 39.7. The van der Waals surface area contributed by atoms with Crippen molar-refractivity contribution in [3.05, 3.63) is 48.8 Å². The highest BCUT2D eigenvalue weighted by atomic mass is 32.2. The molecule has 2 aliphatic rings. The fourth-order valence-electron chi connectivity index (χ4n) is 5.05. The minimum Gasteiger partial charge on any atom is -0.491 e. The molecule has 0 bridgehead atoms. The molecule has 0 saturated carbocycles. The molecule has 43 heavy (non-hydrogen) atoms. The molecule has 0 radical (unpaired) electrons. The summed E-state index contributed by atoms with van der Waals surface area (Å²) in [5.74, 6) is 1.34. The van der Waals surface area contributed by atoms with Crippen LogP contribution in [0.15, 0.2) is 53.7 Å². The summed E-state index contributed by atoms with van der Waals surface area (Å²) in [6, 6.07) is 12.7. The number of rotatable bonds is 13. The van der Waals surface area contributed by atoms with Crippen molar-refractivity contribution in [2.24, 2.45) is 0 Å². The Bertz CT molecular complexity index is 1450. The number of ether oxygens (including phenoxy) is 2. The van der Waals surface area contributed by atoms with Crippen molar-refractivity contribution in [1.82, 2.24) is 29.5 Å². The molecule has 14 heteroatoms. The van der Waals surface area contributed by atoms with Gasteiger partial charge in [-0.3, -0.25) is 4.90 Å². The Hall–Kier alpha value is -3.56. The largest absolute Gasteiger partial charge is 0.491 e. The van der Waals surface area contributed by atoms with Gasteiger partial charge in [-0.05, 0) is 37.7 Å². The average Bonchev–Trinajstić information content (AvgIpc) is 3.01. The van der Waals surface area contributed by atoms with Gasteiger partial charge < -0.3 is 29.9 Å². The number of hydrogen-bond donors (Lipinski definition) is 3. The van der Waals surface area contributed by atoms with Crippen LogP contribution in [0, 0.1) is 0 Å². The summed E-state index contributed by atoms with van der Waals surface area (Å²) in [6.07, 6.45) is 2.30. The maximum atomic E-state index is 12.7. The first-order valence-corrected chi connectivity index (χ1v) is 16.2. The number of sulfonamides is 1. The second-order valence-corrected chi connectivity index (χ2v) is 12.2. The molecule has 232 valence electrons. The number of likely N-dealkylation sites (N-methyl/N-ethyl adjacent to an activating group) is 1. The van der Waals surface area contributed by atoms with E-state index in [9.17, 15) is 8.42 Å². The molecule has 5 rings (SSSR count). The highest BCUT2D eigenvalue weighted by Gasteiger charge is 2.20. The van der Waals surface area contributed by atoms with Gasteiger partial charge >= 0.3 is 0 Å². The van der Waals surface area contributed by atoms with Crippen molar-refractivity contribution in [1.29, 1.82) is 0 Å². The van der Waals surface area contributed by atoms with E-state index in [-0.39, 0.29) is 17.4 Å². The van der Waals surface area contributed by atoms with Crippen molar-refractivity contribution in [2.45, 2.75) is 18.2 Å². The van der Waals surface area contributed by atoms with Crippen LogP contribution in [0.25, 0.3) is 0 Å². The molecule has 0 amide bonds. The summed E-state index contributed by atoms with van der Waals surface area (Å²) in [7, 11) is -1.54. The zero-order valence-corrected chi connectivity index (χ0v) is 25.6. The van der Waals surface area contributed by atoms with E-state index in [1.165, 1.54) is 12.4 Å². The first-order valence-electron chi connectivity index (χ1n) is 14.7. The van der Waals surface area contributed by atoms with E-state index in [4.69, 9.17) is 9.47 Å². The Kier molecular flexibility index (Phi) is 10.6. The molecule has 1 aromatic heterocycles. The molecule has 0 unspecified atom stereocenters. The molecule has 0 atom stereocenters. The number of hydrogen-bond acceptors (Lipinski definition) is 12. The highest BCUT2D eigenvalue weighted by Crippen LogP contribution is 2.33. The first-order chi connectivity index (χ1) is 20.9. The number of benzene rings is 2. The summed E-state index contributed by atoms with van der Waals surface area (Å²) in [5.41, 5.74) is 2.21. The minimum absolute atomic E-state index is 0.113. The van der Waals surface area contributed by atoms with Gasteiger partial charge in [0.25, 0.3) is 0 Å². The molecule has 2 aromatic carbocycles. The van der Waals surface area contributed by atoms with Crippen LogP contribution in [-0.2, 0) is 14.8 Å². The molecular weight excluding hydrogens is 570 g/mol. The van der Waals surface area contributed by atoms with Crippen LogP contribution in [0.5, 0.6) is 5.75 Å². The van der Waals surface area contributed by atoms with Gasteiger partial charge in [0.1, 0.15) is 17.0 Å². The van der Waals surface area contributed by atoms with Crippen LogP contribution in [0.1, 0.15) is 13.3 Å². The van der Waals surface area contributed by atoms with E-state index in [1.807, 2.05) is 12.1 Å². The van der Waals surface area contributed by atoms with Gasteiger partial charge in [0.2, 0.25) is 21.9 Å². The Labute approximate surface area is 253 Å². The molecule has 2 saturated heterocycles. The van der Waals surface area contributed by atoms with Crippen LogP contribution in [0.3, 0.4) is 0 Å². The standard InChI is InChI=1S/C29H41N9O4S/c1-3-32-43(39,40)27-8-5-4-7-24(27)34-29-31-22-30-28(35-29)33-23-9-10-25(38-14-12-36(2)13-15-38)26(21-23)42-18-6-11-37-16-19-41-20-17-37/h4-5,7-10,21-22,32H,3,6,11-20H2,1-2H3,(H2,30,31,33,34,35). The number of aromatic nitrogens is 3. The Morgan fingerprint density at radius 2 is 1.70 bits per heavy atom. The summed E-state index contributed by atoms with van der Waals surface area (Å²) in [4.78, 5) is 20.2. The van der Waals surface area contributed by atoms with Crippen LogP contribution >= 0.6 is 0 Å². The molecule has 2 aliphatic heterocycles. The molecule has 3 N–H and O–H groups in total. The van der Waals surface area contributed by atoms with E-state index >= 15 is 0 Å². The zero-order chi connectivity index (χ0) is 30.1. The monoisotopic (exact) mass is 611 g/mol. The van der Waals surface area contributed by atoms with Crippen molar-refractivity contribution in [3.8, 4) is 5.75 Å². The second-order valence-electron chi connectivity index (χ2n) is 10.5. The minimum atomic E-state index is -3.69. The fourth-order valence-corrected chi connectivity index (χ4v) is 6.25. The van der Waals surface area contributed by atoms with Crippen molar-refractivity contribution in [2.75, 3.05) is 94.8 Å². The van der Waals surface area contributed by atoms with Gasteiger partial charge in [-0.2, -0.15) is 4.98 Å². The number of piperazine rings is 1. The Morgan fingerprint density at radius 1 is 0.953 bits per heavy atom. The van der Waals surface area contributed by atoms with Gasteiger partial charge in [0, 0.05) is 64.1 Å². The lowest BCUT2D eigenvalue weighted by molar-refractivity contribution is 0.0358. The van der Waals surface area contributed by atoms with E-state index < -0.39 is 10.0 Å². The second kappa shape index (κ2) is 14.8. The smallest absolute Gasteiger partial charge is 0.242 e.